The number of rotatable bonds is 3. The van der Waals surface area contributed by atoms with Gasteiger partial charge in [0.1, 0.15) is 0 Å². The van der Waals surface area contributed by atoms with Crippen molar-refractivity contribution in [1.29, 1.82) is 0 Å². The molecule has 1 aromatic rings. The third kappa shape index (κ3) is 2.34. The summed E-state index contributed by atoms with van der Waals surface area (Å²) in [5.74, 6) is 0.179. The molecule has 2 heteroatoms. The Morgan fingerprint density at radius 3 is 2.54 bits per heavy atom. The second kappa shape index (κ2) is 4.47. The van der Waals surface area contributed by atoms with Gasteiger partial charge in [-0.05, 0) is 18.1 Å². The number of thiol groups is 1. The molecule has 0 radical (unpaired) electrons. The molecule has 1 nitrogen and oxygen atoms in total. The number of carbonyl (C=O) groups excluding carboxylic acids is 1. The zero-order valence-corrected chi connectivity index (χ0v) is 8.90. The number of Topliss-reactive ketones (excluding diaryl/α,β-unsaturated/α-hetero) is 1. The Hall–Kier alpha value is -0.760. The first-order chi connectivity index (χ1) is 6.19. The maximum absolute atomic E-state index is 11.3. The molecular formula is C11H14OS. The zero-order chi connectivity index (χ0) is 9.84. The van der Waals surface area contributed by atoms with Gasteiger partial charge in [-0.3, -0.25) is 4.79 Å². The van der Waals surface area contributed by atoms with E-state index in [0.29, 0.717) is 6.42 Å². The fourth-order valence-corrected chi connectivity index (χ4v) is 1.61. The Balaban J connectivity index is 3.02. The number of carbonyl (C=O) groups is 1. The third-order valence-electron chi connectivity index (χ3n) is 2.11. The standard InChI is InChI=1S/C11H14OS/c1-3-8-5-6-9(7-11(8)13)10(12)4-2/h5-7,13H,3-4H2,1-2H3. The first kappa shape index (κ1) is 10.3. The maximum Gasteiger partial charge on any atom is 0.162 e. The van der Waals surface area contributed by atoms with E-state index in [-0.39, 0.29) is 5.78 Å². The van der Waals surface area contributed by atoms with E-state index in [4.69, 9.17) is 0 Å². The average Bonchev–Trinajstić information content (AvgIpc) is 2.16. The van der Waals surface area contributed by atoms with E-state index in [9.17, 15) is 4.79 Å². The lowest BCUT2D eigenvalue weighted by Crippen LogP contribution is -1.97. The van der Waals surface area contributed by atoms with Crippen LogP contribution in [0.15, 0.2) is 23.1 Å². The smallest absolute Gasteiger partial charge is 0.162 e. The molecule has 0 bridgehead atoms. The van der Waals surface area contributed by atoms with Crippen LogP contribution in [0, 0.1) is 0 Å². The summed E-state index contributed by atoms with van der Waals surface area (Å²) in [6.07, 6.45) is 1.51. The lowest BCUT2D eigenvalue weighted by atomic mass is 10.1. The highest BCUT2D eigenvalue weighted by molar-refractivity contribution is 7.80. The predicted molar refractivity (Wildman–Crippen MR) is 57.7 cm³/mol. The molecule has 0 saturated carbocycles. The molecule has 0 fully saturated rings. The Kier molecular flexibility index (Phi) is 3.55. The first-order valence-electron chi connectivity index (χ1n) is 4.54. The van der Waals surface area contributed by atoms with Gasteiger partial charge in [0.2, 0.25) is 0 Å². The van der Waals surface area contributed by atoms with Gasteiger partial charge >= 0.3 is 0 Å². The summed E-state index contributed by atoms with van der Waals surface area (Å²) in [6, 6.07) is 5.71. The summed E-state index contributed by atoms with van der Waals surface area (Å²) in [6.45, 7) is 3.95. The van der Waals surface area contributed by atoms with E-state index < -0.39 is 0 Å². The molecule has 0 amide bonds. The van der Waals surface area contributed by atoms with Crippen molar-refractivity contribution in [3.63, 3.8) is 0 Å². The van der Waals surface area contributed by atoms with Crippen LogP contribution >= 0.6 is 12.6 Å². The van der Waals surface area contributed by atoms with Crippen molar-refractivity contribution >= 4 is 18.4 Å². The molecule has 0 atom stereocenters. The van der Waals surface area contributed by atoms with Crippen LogP contribution in [-0.2, 0) is 6.42 Å². The van der Waals surface area contributed by atoms with Crippen LogP contribution in [0.5, 0.6) is 0 Å². The van der Waals surface area contributed by atoms with Crippen LogP contribution < -0.4 is 0 Å². The van der Waals surface area contributed by atoms with E-state index in [1.807, 2.05) is 25.1 Å². The van der Waals surface area contributed by atoms with Gasteiger partial charge in [0.25, 0.3) is 0 Å². The fourth-order valence-electron chi connectivity index (χ4n) is 1.24. The van der Waals surface area contributed by atoms with Crippen LogP contribution in [0.4, 0.5) is 0 Å². The Morgan fingerprint density at radius 2 is 2.08 bits per heavy atom. The van der Waals surface area contributed by atoms with Crippen LogP contribution in [-0.4, -0.2) is 5.78 Å². The minimum Gasteiger partial charge on any atom is -0.294 e. The second-order valence-electron chi connectivity index (χ2n) is 2.97. The van der Waals surface area contributed by atoms with Gasteiger partial charge in [-0.25, -0.2) is 0 Å². The van der Waals surface area contributed by atoms with Gasteiger partial charge in [-0.2, -0.15) is 0 Å². The minimum absolute atomic E-state index is 0.179. The highest BCUT2D eigenvalue weighted by Crippen LogP contribution is 2.17. The van der Waals surface area contributed by atoms with Crippen LogP contribution in [0.1, 0.15) is 36.2 Å². The van der Waals surface area contributed by atoms with Gasteiger partial charge < -0.3 is 0 Å². The van der Waals surface area contributed by atoms with E-state index in [0.717, 1.165) is 16.9 Å². The third-order valence-corrected chi connectivity index (χ3v) is 2.53. The van der Waals surface area contributed by atoms with Crippen molar-refractivity contribution in [2.24, 2.45) is 0 Å². The van der Waals surface area contributed by atoms with Gasteiger partial charge in [-0.15, -0.1) is 12.6 Å². The van der Waals surface area contributed by atoms with Crippen molar-refractivity contribution < 1.29 is 4.79 Å². The normalized spacial score (nSPS) is 10.1. The van der Waals surface area contributed by atoms with E-state index in [1.54, 1.807) is 0 Å². The first-order valence-corrected chi connectivity index (χ1v) is 4.98. The van der Waals surface area contributed by atoms with Crippen molar-refractivity contribution in [2.75, 3.05) is 0 Å². The number of aryl methyl sites for hydroxylation is 1. The maximum atomic E-state index is 11.3. The summed E-state index contributed by atoms with van der Waals surface area (Å²) in [5.41, 5.74) is 1.96. The average molecular weight is 194 g/mol. The summed E-state index contributed by atoms with van der Waals surface area (Å²) >= 11 is 4.33. The molecule has 0 heterocycles. The van der Waals surface area contributed by atoms with E-state index >= 15 is 0 Å². The van der Waals surface area contributed by atoms with Gasteiger partial charge in [0, 0.05) is 16.9 Å². The van der Waals surface area contributed by atoms with Crippen molar-refractivity contribution in [1.82, 2.24) is 0 Å². The molecule has 1 aromatic carbocycles. The van der Waals surface area contributed by atoms with Gasteiger partial charge in [-0.1, -0.05) is 26.0 Å². The number of benzene rings is 1. The van der Waals surface area contributed by atoms with Gasteiger partial charge in [0.15, 0.2) is 5.78 Å². The molecule has 0 saturated heterocycles. The topological polar surface area (TPSA) is 17.1 Å². The molecule has 0 aliphatic carbocycles. The Labute approximate surface area is 84.6 Å². The monoisotopic (exact) mass is 194 g/mol. The highest BCUT2D eigenvalue weighted by atomic mass is 32.1. The zero-order valence-electron chi connectivity index (χ0n) is 8.00. The van der Waals surface area contributed by atoms with Crippen LogP contribution in [0.25, 0.3) is 0 Å². The summed E-state index contributed by atoms with van der Waals surface area (Å²) in [5, 5.41) is 0. The molecule has 0 aromatic heterocycles. The predicted octanol–water partition coefficient (Wildman–Crippen LogP) is 3.13. The molecule has 0 N–H and O–H groups in total. The molecule has 0 unspecified atom stereocenters. The summed E-state index contributed by atoms with van der Waals surface area (Å²) in [4.78, 5) is 12.2. The van der Waals surface area contributed by atoms with Crippen molar-refractivity contribution in [3.8, 4) is 0 Å². The Bertz CT molecular complexity index is 318. The SMILES string of the molecule is CCC(=O)c1ccc(CC)c(S)c1. The van der Waals surface area contributed by atoms with Crippen LogP contribution in [0.3, 0.4) is 0 Å². The minimum atomic E-state index is 0.179. The molecule has 0 aliphatic rings. The summed E-state index contributed by atoms with van der Waals surface area (Å²) < 4.78 is 0. The number of hydrogen-bond acceptors (Lipinski definition) is 2. The summed E-state index contributed by atoms with van der Waals surface area (Å²) in [7, 11) is 0. The van der Waals surface area contributed by atoms with Crippen molar-refractivity contribution in [3.05, 3.63) is 29.3 Å². The number of ketones is 1. The quantitative estimate of drug-likeness (QED) is 0.578. The molecule has 0 aliphatic heterocycles. The van der Waals surface area contributed by atoms with Gasteiger partial charge in [0.05, 0.1) is 0 Å². The van der Waals surface area contributed by atoms with E-state index in [2.05, 4.69) is 19.6 Å². The second-order valence-corrected chi connectivity index (χ2v) is 3.46. The number of hydrogen-bond donors (Lipinski definition) is 1. The van der Waals surface area contributed by atoms with E-state index in [1.165, 1.54) is 5.56 Å². The molecule has 0 spiro atoms. The molecule has 13 heavy (non-hydrogen) atoms. The highest BCUT2D eigenvalue weighted by Gasteiger charge is 2.04. The largest absolute Gasteiger partial charge is 0.294 e. The van der Waals surface area contributed by atoms with Crippen molar-refractivity contribution in [2.45, 2.75) is 31.6 Å². The lowest BCUT2D eigenvalue weighted by molar-refractivity contribution is 0.0988. The lowest BCUT2D eigenvalue weighted by Gasteiger charge is -2.04. The molecule has 1 rings (SSSR count). The molecule has 70 valence electrons. The van der Waals surface area contributed by atoms with Crippen LogP contribution in [0.2, 0.25) is 0 Å². The molecular weight excluding hydrogens is 180 g/mol. The Morgan fingerprint density at radius 1 is 1.38 bits per heavy atom. The fraction of sp³-hybridized carbons (Fsp3) is 0.364.